The number of carbonyl (C=O) groups excluding carboxylic acids is 1. The Balaban J connectivity index is 2.14. The molecular formula is C78H137NO8. The van der Waals surface area contributed by atoms with Gasteiger partial charge in [-0.3, -0.25) is 4.79 Å². The van der Waals surface area contributed by atoms with E-state index < -0.39 is 49.5 Å². The van der Waals surface area contributed by atoms with E-state index in [4.69, 9.17) is 9.47 Å². The van der Waals surface area contributed by atoms with Crippen LogP contribution in [-0.2, 0) is 14.3 Å². The van der Waals surface area contributed by atoms with Crippen molar-refractivity contribution in [2.45, 2.75) is 365 Å². The predicted octanol–water partition coefficient (Wildman–Crippen LogP) is 20.4. The number of aliphatic hydroxyl groups excluding tert-OH is 5. The molecule has 7 atom stereocenters. The summed E-state index contributed by atoms with van der Waals surface area (Å²) in [7, 11) is 0. The number of nitrogens with one attached hydrogen (secondary N) is 1. The van der Waals surface area contributed by atoms with Gasteiger partial charge in [0.25, 0.3) is 0 Å². The summed E-state index contributed by atoms with van der Waals surface area (Å²) in [6, 6.07) is -0.816. The summed E-state index contributed by atoms with van der Waals surface area (Å²) >= 11 is 0. The molecule has 0 aromatic rings. The molecule has 0 aliphatic carbocycles. The van der Waals surface area contributed by atoms with E-state index in [2.05, 4.69) is 116 Å². The van der Waals surface area contributed by atoms with Crippen LogP contribution in [0.5, 0.6) is 0 Å². The number of aliphatic hydroxyl groups is 5. The fourth-order valence-corrected chi connectivity index (χ4v) is 11.2. The molecule has 1 aliphatic heterocycles. The normalized spacial score (nSPS) is 18.6. The summed E-state index contributed by atoms with van der Waals surface area (Å²) in [6.07, 6.45) is 90.5. The molecule has 0 aromatic carbocycles. The minimum Gasteiger partial charge on any atom is -0.394 e. The molecule has 1 aliphatic rings. The van der Waals surface area contributed by atoms with Crippen molar-refractivity contribution in [3.63, 3.8) is 0 Å². The second-order valence-corrected chi connectivity index (χ2v) is 25.0. The number of hydrogen-bond acceptors (Lipinski definition) is 8. The van der Waals surface area contributed by atoms with Crippen LogP contribution in [0, 0.1) is 0 Å². The van der Waals surface area contributed by atoms with Crippen molar-refractivity contribution in [2.75, 3.05) is 13.2 Å². The first-order valence-electron chi connectivity index (χ1n) is 36.6. The number of amides is 1. The molecule has 1 fully saturated rings. The SMILES string of the molecule is CC/C=C\C/C=C\C/C=C\C/C=C\C/C=C\C/C=C\C/C=C\C/C=C\CCCCCCCCCCCCC(=O)NC(COC1OC(CO)C(O)C(O)C1O)C(O)/C=C/CCCCCCCCCCCCCCCCCCCCCCCCCCCCC. The summed E-state index contributed by atoms with van der Waals surface area (Å²) in [5.74, 6) is -0.182. The van der Waals surface area contributed by atoms with Crippen molar-refractivity contribution in [3.05, 3.63) is 109 Å². The van der Waals surface area contributed by atoms with Crippen molar-refractivity contribution in [1.29, 1.82) is 0 Å². The van der Waals surface area contributed by atoms with Crippen LogP contribution in [0.1, 0.15) is 322 Å². The van der Waals surface area contributed by atoms with Crippen LogP contribution in [0.4, 0.5) is 0 Å². The van der Waals surface area contributed by atoms with Gasteiger partial charge in [0, 0.05) is 6.42 Å². The highest BCUT2D eigenvalue weighted by molar-refractivity contribution is 5.76. The zero-order valence-electron chi connectivity index (χ0n) is 56.2. The Morgan fingerprint density at radius 1 is 0.402 bits per heavy atom. The molecule has 502 valence electrons. The topological polar surface area (TPSA) is 149 Å². The maximum absolute atomic E-state index is 13.1. The third-order valence-corrected chi connectivity index (χ3v) is 16.9. The van der Waals surface area contributed by atoms with Crippen molar-refractivity contribution in [3.8, 4) is 0 Å². The van der Waals surface area contributed by atoms with Crippen molar-refractivity contribution < 1.29 is 39.8 Å². The van der Waals surface area contributed by atoms with E-state index in [0.717, 1.165) is 103 Å². The van der Waals surface area contributed by atoms with E-state index in [1.54, 1.807) is 6.08 Å². The fourth-order valence-electron chi connectivity index (χ4n) is 11.2. The minimum atomic E-state index is -1.57. The Hall–Kier alpha value is -3.15. The third kappa shape index (κ3) is 54.3. The smallest absolute Gasteiger partial charge is 0.220 e. The molecule has 0 saturated carbocycles. The third-order valence-electron chi connectivity index (χ3n) is 16.9. The van der Waals surface area contributed by atoms with E-state index in [-0.39, 0.29) is 12.5 Å². The molecule has 0 bridgehead atoms. The summed E-state index contributed by atoms with van der Waals surface area (Å²) in [4.78, 5) is 13.1. The summed E-state index contributed by atoms with van der Waals surface area (Å²) in [5, 5.41) is 54.8. The Bertz CT molecular complexity index is 1750. The lowest BCUT2D eigenvalue weighted by Crippen LogP contribution is -2.60. The Morgan fingerprint density at radius 2 is 0.713 bits per heavy atom. The number of unbranched alkanes of at least 4 members (excludes halogenated alkanes) is 37. The molecule has 1 rings (SSSR count). The molecule has 7 unspecified atom stereocenters. The predicted molar refractivity (Wildman–Crippen MR) is 373 cm³/mol. The maximum Gasteiger partial charge on any atom is 0.220 e. The second kappa shape index (κ2) is 65.8. The van der Waals surface area contributed by atoms with Gasteiger partial charge < -0.3 is 40.3 Å². The fraction of sp³-hybridized carbons (Fsp3) is 0.756. The lowest BCUT2D eigenvalue weighted by molar-refractivity contribution is -0.302. The summed E-state index contributed by atoms with van der Waals surface area (Å²) in [6.45, 7) is 3.69. The van der Waals surface area contributed by atoms with Crippen LogP contribution in [0.15, 0.2) is 109 Å². The molecule has 0 aromatic heterocycles. The number of carbonyl (C=O) groups is 1. The zero-order chi connectivity index (χ0) is 62.8. The zero-order valence-corrected chi connectivity index (χ0v) is 56.2. The first-order valence-corrected chi connectivity index (χ1v) is 36.6. The van der Waals surface area contributed by atoms with Gasteiger partial charge in [0.2, 0.25) is 5.91 Å². The first kappa shape index (κ1) is 81.9. The minimum absolute atomic E-state index is 0.182. The quantitative estimate of drug-likeness (QED) is 0.0261. The number of allylic oxidation sites excluding steroid dienone is 17. The molecule has 0 spiro atoms. The van der Waals surface area contributed by atoms with Gasteiger partial charge in [-0.25, -0.2) is 0 Å². The average molecular weight is 1220 g/mol. The summed E-state index contributed by atoms with van der Waals surface area (Å²) in [5.41, 5.74) is 0. The summed E-state index contributed by atoms with van der Waals surface area (Å²) < 4.78 is 11.3. The molecule has 1 saturated heterocycles. The van der Waals surface area contributed by atoms with Crippen LogP contribution >= 0.6 is 0 Å². The molecular weight excluding hydrogens is 1080 g/mol. The Morgan fingerprint density at radius 3 is 1.06 bits per heavy atom. The Kier molecular flexibility index (Phi) is 61.9. The van der Waals surface area contributed by atoms with Crippen molar-refractivity contribution in [2.24, 2.45) is 0 Å². The number of hydrogen-bond donors (Lipinski definition) is 6. The molecule has 6 N–H and O–H groups in total. The largest absolute Gasteiger partial charge is 0.394 e. The van der Waals surface area contributed by atoms with Gasteiger partial charge in [-0.1, -0.05) is 342 Å². The molecule has 9 heteroatoms. The van der Waals surface area contributed by atoms with Gasteiger partial charge in [0.05, 0.1) is 25.4 Å². The van der Waals surface area contributed by atoms with E-state index in [1.165, 1.54) is 199 Å². The van der Waals surface area contributed by atoms with Crippen molar-refractivity contribution >= 4 is 5.91 Å². The van der Waals surface area contributed by atoms with Gasteiger partial charge in [-0.05, 0) is 83.5 Å². The van der Waals surface area contributed by atoms with E-state index in [1.807, 2.05) is 6.08 Å². The molecule has 9 nitrogen and oxygen atoms in total. The van der Waals surface area contributed by atoms with Crippen LogP contribution < -0.4 is 5.32 Å². The van der Waals surface area contributed by atoms with Gasteiger partial charge in [-0.15, -0.1) is 0 Å². The molecule has 0 radical (unpaired) electrons. The monoisotopic (exact) mass is 1220 g/mol. The Labute approximate surface area is 536 Å². The van der Waals surface area contributed by atoms with Gasteiger partial charge in [0.15, 0.2) is 6.29 Å². The number of ether oxygens (including phenoxy) is 2. The molecule has 1 heterocycles. The van der Waals surface area contributed by atoms with E-state index in [0.29, 0.717) is 6.42 Å². The second-order valence-electron chi connectivity index (χ2n) is 25.0. The van der Waals surface area contributed by atoms with Gasteiger partial charge in [0.1, 0.15) is 24.4 Å². The highest BCUT2D eigenvalue weighted by atomic mass is 16.7. The molecule has 1 amide bonds. The van der Waals surface area contributed by atoms with Crippen LogP contribution in [0.25, 0.3) is 0 Å². The first-order chi connectivity index (χ1) is 42.8. The highest BCUT2D eigenvalue weighted by Crippen LogP contribution is 2.23. The highest BCUT2D eigenvalue weighted by Gasteiger charge is 2.44. The standard InChI is InChI=1S/C78H137NO8/c1-3-5-7-9-11-13-15-17-19-21-23-25-27-29-31-33-34-35-36-37-38-40-42-44-46-48-50-52-54-56-58-60-62-64-66-68-74(82)79-71(70-86-78-77(85)76(84)75(83)73(69-80)87-78)72(81)67-65-63-61-59-57-55-53-51-49-47-45-43-41-39-32-30-28-26-24-22-20-18-16-14-12-10-8-6-4-2/h5,7,11,13,17,19,23,25,29,31,34-35,37-38,42,44,65,67,71-73,75-78,80-81,83-85H,3-4,6,8-10,12,14-16,18,20-22,24,26-28,30,32-33,36,39-41,43,45-64,66,68-70H2,1-2H3,(H,79,82)/b7-5-,13-11-,19-17-,25-23-,31-29-,35-34-,38-37-,44-42-,67-65+. The van der Waals surface area contributed by atoms with Crippen molar-refractivity contribution in [1.82, 2.24) is 5.32 Å². The van der Waals surface area contributed by atoms with Crippen LogP contribution in [0.2, 0.25) is 0 Å². The lowest BCUT2D eigenvalue weighted by Gasteiger charge is -2.40. The lowest BCUT2D eigenvalue weighted by atomic mass is 9.99. The van der Waals surface area contributed by atoms with Gasteiger partial charge in [-0.2, -0.15) is 0 Å². The van der Waals surface area contributed by atoms with Gasteiger partial charge >= 0.3 is 0 Å². The van der Waals surface area contributed by atoms with E-state index >= 15 is 0 Å². The van der Waals surface area contributed by atoms with Crippen LogP contribution in [-0.4, -0.2) is 87.5 Å². The maximum atomic E-state index is 13.1. The average Bonchev–Trinajstić information content (AvgIpc) is 3.47. The van der Waals surface area contributed by atoms with Crippen LogP contribution in [0.3, 0.4) is 0 Å². The molecule has 87 heavy (non-hydrogen) atoms. The van der Waals surface area contributed by atoms with E-state index in [9.17, 15) is 30.3 Å². The number of rotatable bonds is 63.